The van der Waals surface area contributed by atoms with Crippen molar-refractivity contribution < 1.29 is 18.3 Å². The van der Waals surface area contributed by atoms with E-state index in [2.05, 4.69) is 20.6 Å². The molecule has 3 heterocycles. The van der Waals surface area contributed by atoms with Gasteiger partial charge in [0, 0.05) is 18.8 Å². The maximum atomic E-state index is 11.7. The molecule has 4 N–H and O–H groups in total. The summed E-state index contributed by atoms with van der Waals surface area (Å²) in [6, 6.07) is 7.30. The van der Waals surface area contributed by atoms with Crippen molar-refractivity contribution in [2.24, 2.45) is 11.8 Å². The van der Waals surface area contributed by atoms with Crippen LogP contribution in [0.1, 0.15) is 31.1 Å². The number of imidazole rings is 1. The predicted octanol–water partition coefficient (Wildman–Crippen LogP) is 2.91. The fraction of sp³-hybridized carbons (Fsp3) is 0.500. The first kappa shape index (κ1) is 23.5. The summed E-state index contributed by atoms with van der Waals surface area (Å²) in [7, 11) is -3.09. The standard InChI is InChI=1S/C20H27N5O4S.ClH/c1-30(28,29)25-8-6-13(7-9-25)15-10-17(21-11-15)19-22-12-18(24-19)14-2-4-16(5-3-14)23-20(26)27;/h2-5,12-13,15,17,21,23H,6-11H2,1H3,(H,22,24)(H,26,27);1H/t15-,17-;/m0./s1. The number of carboxylic acid groups (broad SMARTS) is 1. The Morgan fingerprint density at radius 3 is 2.48 bits per heavy atom. The minimum atomic E-state index is -3.09. The third-order valence-electron chi connectivity index (χ3n) is 6.17. The Morgan fingerprint density at radius 1 is 1.19 bits per heavy atom. The summed E-state index contributed by atoms with van der Waals surface area (Å²) in [5, 5.41) is 14.7. The number of aromatic amines is 1. The lowest BCUT2D eigenvalue weighted by Gasteiger charge is -2.33. The van der Waals surface area contributed by atoms with Crippen molar-refractivity contribution in [3.8, 4) is 11.3 Å². The lowest BCUT2D eigenvalue weighted by molar-refractivity contribution is 0.209. The molecule has 4 rings (SSSR count). The lowest BCUT2D eigenvalue weighted by atomic mass is 9.83. The van der Waals surface area contributed by atoms with E-state index in [1.54, 1.807) is 22.6 Å². The largest absolute Gasteiger partial charge is 0.465 e. The molecule has 1 amide bonds. The van der Waals surface area contributed by atoms with Crippen LogP contribution in [0.5, 0.6) is 0 Å². The van der Waals surface area contributed by atoms with Crippen LogP contribution in [-0.4, -0.2) is 59.8 Å². The molecule has 2 aliphatic rings. The molecular weight excluding hydrogens is 442 g/mol. The molecule has 0 spiro atoms. The number of anilines is 1. The van der Waals surface area contributed by atoms with Crippen molar-refractivity contribution >= 4 is 34.2 Å². The minimum absolute atomic E-state index is 0. The third-order valence-corrected chi connectivity index (χ3v) is 7.48. The SMILES string of the molecule is CS(=O)(=O)N1CCC([C@@H]2CN[C@H](c3ncc(-c4ccc(NC(=O)O)cc4)[nH]3)C2)CC1.Cl. The minimum Gasteiger partial charge on any atom is -0.465 e. The first-order valence-electron chi connectivity index (χ1n) is 10.1. The van der Waals surface area contributed by atoms with Crippen LogP contribution in [0, 0.1) is 11.8 Å². The first-order valence-corrected chi connectivity index (χ1v) is 12.0. The number of sulfonamides is 1. The van der Waals surface area contributed by atoms with Gasteiger partial charge in [-0.15, -0.1) is 12.4 Å². The zero-order valence-corrected chi connectivity index (χ0v) is 18.9. The Bertz CT molecular complexity index is 1000. The van der Waals surface area contributed by atoms with Gasteiger partial charge in [0.1, 0.15) is 5.82 Å². The van der Waals surface area contributed by atoms with Gasteiger partial charge in [-0.2, -0.15) is 0 Å². The van der Waals surface area contributed by atoms with E-state index < -0.39 is 16.1 Å². The van der Waals surface area contributed by atoms with E-state index in [0.29, 0.717) is 30.6 Å². The van der Waals surface area contributed by atoms with Crippen LogP contribution in [0.4, 0.5) is 10.5 Å². The van der Waals surface area contributed by atoms with Gasteiger partial charge in [0.05, 0.1) is 24.2 Å². The lowest BCUT2D eigenvalue weighted by Crippen LogP contribution is -2.39. The molecule has 0 aliphatic carbocycles. The van der Waals surface area contributed by atoms with Gasteiger partial charge in [0.15, 0.2) is 0 Å². The average molecular weight is 470 g/mol. The average Bonchev–Trinajstić information content (AvgIpc) is 3.37. The van der Waals surface area contributed by atoms with Crippen LogP contribution in [-0.2, 0) is 10.0 Å². The highest BCUT2D eigenvalue weighted by Crippen LogP contribution is 2.36. The summed E-state index contributed by atoms with van der Waals surface area (Å²) in [5.74, 6) is 1.95. The van der Waals surface area contributed by atoms with Crippen LogP contribution in [0.3, 0.4) is 0 Å². The van der Waals surface area contributed by atoms with Crippen molar-refractivity contribution in [2.45, 2.75) is 25.3 Å². The summed E-state index contributed by atoms with van der Waals surface area (Å²) < 4.78 is 25.0. The monoisotopic (exact) mass is 469 g/mol. The van der Waals surface area contributed by atoms with Crippen LogP contribution in [0.15, 0.2) is 30.5 Å². The summed E-state index contributed by atoms with van der Waals surface area (Å²) in [4.78, 5) is 18.6. The van der Waals surface area contributed by atoms with E-state index in [1.165, 1.54) is 6.26 Å². The topological polar surface area (TPSA) is 127 Å². The quantitative estimate of drug-likeness (QED) is 0.533. The van der Waals surface area contributed by atoms with E-state index in [4.69, 9.17) is 5.11 Å². The van der Waals surface area contributed by atoms with Gasteiger partial charge in [-0.05, 0) is 55.3 Å². The Morgan fingerprint density at radius 2 is 1.87 bits per heavy atom. The summed E-state index contributed by atoms with van der Waals surface area (Å²) >= 11 is 0. The molecule has 0 radical (unpaired) electrons. The number of aromatic nitrogens is 2. The Balaban J connectivity index is 0.00000272. The predicted molar refractivity (Wildman–Crippen MR) is 121 cm³/mol. The van der Waals surface area contributed by atoms with Gasteiger partial charge in [0.2, 0.25) is 10.0 Å². The number of piperidine rings is 1. The number of rotatable bonds is 5. The molecule has 0 saturated carbocycles. The second-order valence-electron chi connectivity index (χ2n) is 8.15. The van der Waals surface area contributed by atoms with Gasteiger partial charge in [-0.3, -0.25) is 5.32 Å². The van der Waals surface area contributed by atoms with Gasteiger partial charge in [-0.1, -0.05) is 12.1 Å². The Labute approximate surface area is 188 Å². The van der Waals surface area contributed by atoms with Gasteiger partial charge in [0.25, 0.3) is 0 Å². The fourth-order valence-corrected chi connectivity index (χ4v) is 5.40. The summed E-state index contributed by atoms with van der Waals surface area (Å²) in [6.45, 7) is 2.14. The zero-order valence-electron chi connectivity index (χ0n) is 17.2. The molecule has 31 heavy (non-hydrogen) atoms. The Kier molecular flexibility index (Phi) is 7.25. The third kappa shape index (κ3) is 5.57. The molecule has 1 aromatic carbocycles. The molecular formula is C20H28ClN5O4S. The van der Waals surface area contributed by atoms with E-state index >= 15 is 0 Å². The molecule has 2 atom stereocenters. The van der Waals surface area contributed by atoms with Crippen LogP contribution in [0.2, 0.25) is 0 Å². The van der Waals surface area contributed by atoms with Gasteiger partial charge < -0.3 is 15.4 Å². The summed E-state index contributed by atoms with van der Waals surface area (Å²) in [5.41, 5.74) is 2.35. The number of hydrogen-bond donors (Lipinski definition) is 4. The molecule has 0 bridgehead atoms. The number of halogens is 1. The first-order chi connectivity index (χ1) is 14.3. The number of nitrogens with zero attached hydrogens (tertiary/aromatic N) is 2. The maximum Gasteiger partial charge on any atom is 0.409 e. The highest BCUT2D eigenvalue weighted by atomic mass is 35.5. The molecule has 11 heteroatoms. The number of H-pyrrole nitrogens is 1. The van der Waals surface area contributed by atoms with Crippen LogP contribution < -0.4 is 10.6 Å². The molecule has 2 aliphatic heterocycles. The van der Waals surface area contributed by atoms with E-state index in [0.717, 1.165) is 42.9 Å². The molecule has 0 unspecified atom stereocenters. The fourth-order valence-electron chi connectivity index (χ4n) is 4.53. The highest BCUT2D eigenvalue weighted by molar-refractivity contribution is 7.88. The van der Waals surface area contributed by atoms with Crippen molar-refractivity contribution in [3.63, 3.8) is 0 Å². The molecule has 9 nitrogen and oxygen atoms in total. The van der Waals surface area contributed by atoms with Crippen LogP contribution >= 0.6 is 12.4 Å². The Hall–Kier alpha value is -2.14. The van der Waals surface area contributed by atoms with E-state index in [-0.39, 0.29) is 18.4 Å². The summed E-state index contributed by atoms with van der Waals surface area (Å²) in [6.07, 6.45) is 4.80. The molecule has 170 valence electrons. The van der Waals surface area contributed by atoms with E-state index in [1.807, 2.05) is 12.1 Å². The van der Waals surface area contributed by atoms with Crippen molar-refractivity contribution in [3.05, 3.63) is 36.3 Å². The molecule has 1 aromatic heterocycles. The number of carbonyl (C=O) groups is 1. The van der Waals surface area contributed by atoms with Gasteiger partial charge >= 0.3 is 6.09 Å². The smallest absolute Gasteiger partial charge is 0.409 e. The second-order valence-corrected chi connectivity index (χ2v) is 10.1. The second kappa shape index (κ2) is 9.56. The van der Waals surface area contributed by atoms with Crippen molar-refractivity contribution in [1.29, 1.82) is 0 Å². The van der Waals surface area contributed by atoms with E-state index in [9.17, 15) is 13.2 Å². The highest BCUT2D eigenvalue weighted by Gasteiger charge is 2.35. The number of nitrogens with one attached hydrogen (secondary N) is 3. The molecule has 2 fully saturated rings. The van der Waals surface area contributed by atoms with Crippen LogP contribution in [0.25, 0.3) is 11.3 Å². The van der Waals surface area contributed by atoms with Crippen molar-refractivity contribution in [2.75, 3.05) is 31.2 Å². The van der Waals surface area contributed by atoms with Gasteiger partial charge in [-0.25, -0.2) is 22.5 Å². The molecule has 2 saturated heterocycles. The normalized spacial score (nSPS) is 22.7. The number of benzene rings is 1. The number of amides is 1. The van der Waals surface area contributed by atoms with Crippen molar-refractivity contribution in [1.82, 2.24) is 19.6 Å². The number of hydrogen-bond acceptors (Lipinski definition) is 5. The molecule has 2 aromatic rings. The maximum absolute atomic E-state index is 11.7. The zero-order chi connectivity index (χ0) is 21.3.